The molecule has 0 aliphatic heterocycles. The first-order chi connectivity index (χ1) is 6.34. The summed E-state index contributed by atoms with van der Waals surface area (Å²) in [5.41, 5.74) is 0. The maximum absolute atomic E-state index is 5.68. The Morgan fingerprint density at radius 3 is 2.92 bits per heavy atom. The fourth-order valence-corrected chi connectivity index (χ4v) is 1.97. The quantitative estimate of drug-likeness (QED) is 0.818. The third kappa shape index (κ3) is 2.54. The molecule has 0 aromatic carbocycles. The molecule has 72 valence electrons. The van der Waals surface area contributed by atoms with E-state index in [-0.39, 0.29) is 0 Å². The van der Waals surface area contributed by atoms with Crippen LogP contribution in [0.5, 0.6) is 0 Å². The monoisotopic (exact) mass is 244 g/mol. The average molecular weight is 245 g/mol. The fourth-order valence-electron chi connectivity index (χ4n) is 1.65. The third-order valence-electron chi connectivity index (χ3n) is 2.35. The highest BCUT2D eigenvalue weighted by Crippen LogP contribution is 2.21. The molecule has 1 fully saturated rings. The van der Waals surface area contributed by atoms with E-state index in [0.29, 0.717) is 12.8 Å². The van der Waals surface area contributed by atoms with Crippen molar-refractivity contribution < 1.29 is 4.74 Å². The lowest BCUT2D eigenvalue weighted by molar-refractivity contribution is 0.00545. The van der Waals surface area contributed by atoms with Gasteiger partial charge in [0, 0.05) is 6.20 Å². The van der Waals surface area contributed by atoms with Gasteiger partial charge in [-0.3, -0.25) is 0 Å². The van der Waals surface area contributed by atoms with Crippen LogP contribution in [0.1, 0.15) is 25.7 Å². The molecule has 1 saturated carbocycles. The number of hydrogen-bond donors (Lipinski definition) is 0. The molecule has 0 unspecified atom stereocenters. The molecule has 0 bridgehead atoms. The molecule has 4 heteroatoms. The number of ether oxygens (including phenoxy) is 1. The van der Waals surface area contributed by atoms with Gasteiger partial charge in [0.2, 0.25) is 0 Å². The van der Waals surface area contributed by atoms with Crippen molar-refractivity contribution in [1.82, 2.24) is 9.78 Å². The van der Waals surface area contributed by atoms with Crippen molar-refractivity contribution in [2.24, 2.45) is 0 Å². The van der Waals surface area contributed by atoms with Crippen molar-refractivity contribution >= 4 is 15.9 Å². The third-order valence-corrected chi connectivity index (χ3v) is 2.76. The van der Waals surface area contributed by atoms with Crippen LogP contribution in [-0.4, -0.2) is 15.9 Å². The standard InChI is InChI=1S/C9H13BrN2O/c10-8-5-11-12(6-8)7-13-9-3-1-2-4-9/h5-6,9H,1-4,7H2. The molecule has 2 rings (SSSR count). The highest BCUT2D eigenvalue weighted by atomic mass is 79.9. The van der Waals surface area contributed by atoms with Crippen molar-refractivity contribution in [2.45, 2.75) is 38.5 Å². The van der Waals surface area contributed by atoms with Crippen LogP contribution in [0.15, 0.2) is 16.9 Å². The van der Waals surface area contributed by atoms with Gasteiger partial charge in [0.15, 0.2) is 0 Å². The van der Waals surface area contributed by atoms with Crippen LogP contribution in [0.2, 0.25) is 0 Å². The van der Waals surface area contributed by atoms with E-state index < -0.39 is 0 Å². The Morgan fingerprint density at radius 2 is 2.31 bits per heavy atom. The van der Waals surface area contributed by atoms with Gasteiger partial charge in [-0.2, -0.15) is 5.10 Å². The largest absolute Gasteiger partial charge is 0.356 e. The van der Waals surface area contributed by atoms with Crippen molar-refractivity contribution in [1.29, 1.82) is 0 Å². The Kier molecular flexibility index (Phi) is 3.01. The SMILES string of the molecule is Brc1cnn(COC2CCCC2)c1. The van der Waals surface area contributed by atoms with Crippen LogP contribution in [0.25, 0.3) is 0 Å². The summed E-state index contributed by atoms with van der Waals surface area (Å²) in [6.45, 7) is 0.580. The lowest BCUT2D eigenvalue weighted by atomic mass is 10.3. The smallest absolute Gasteiger partial charge is 0.139 e. The van der Waals surface area contributed by atoms with Gasteiger partial charge in [-0.15, -0.1) is 0 Å². The molecular formula is C9H13BrN2O. The highest BCUT2D eigenvalue weighted by Gasteiger charge is 2.15. The first kappa shape index (κ1) is 9.21. The second-order valence-corrected chi connectivity index (χ2v) is 4.32. The number of nitrogens with zero attached hydrogens (tertiary/aromatic N) is 2. The maximum atomic E-state index is 5.68. The summed E-state index contributed by atoms with van der Waals surface area (Å²) < 4.78 is 8.49. The zero-order chi connectivity index (χ0) is 9.10. The first-order valence-corrected chi connectivity index (χ1v) is 5.43. The molecule has 1 heterocycles. The highest BCUT2D eigenvalue weighted by molar-refractivity contribution is 9.10. The molecule has 0 amide bonds. The van der Waals surface area contributed by atoms with Gasteiger partial charge in [-0.1, -0.05) is 12.8 Å². The van der Waals surface area contributed by atoms with Crippen molar-refractivity contribution in [3.8, 4) is 0 Å². The van der Waals surface area contributed by atoms with Crippen LogP contribution >= 0.6 is 15.9 Å². The number of hydrogen-bond acceptors (Lipinski definition) is 2. The minimum atomic E-state index is 0.461. The number of rotatable bonds is 3. The zero-order valence-electron chi connectivity index (χ0n) is 7.45. The summed E-state index contributed by atoms with van der Waals surface area (Å²) in [5, 5.41) is 4.12. The number of aromatic nitrogens is 2. The summed E-state index contributed by atoms with van der Waals surface area (Å²) in [7, 11) is 0. The molecule has 3 nitrogen and oxygen atoms in total. The normalized spacial score (nSPS) is 18.2. The van der Waals surface area contributed by atoms with E-state index in [1.54, 1.807) is 6.20 Å². The van der Waals surface area contributed by atoms with Gasteiger partial charge in [0.25, 0.3) is 0 Å². The molecule has 0 spiro atoms. The van der Waals surface area contributed by atoms with E-state index in [0.717, 1.165) is 4.47 Å². The number of halogens is 1. The van der Waals surface area contributed by atoms with E-state index >= 15 is 0 Å². The second kappa shape index (κ2) is 4.24. The summed E-state index contributed by atoms with van der Waals surface area (Å²) in [6.07, 6.45) is 9.21. The Balaban J connectivity index is 1.78. The van der Waals surface area contributed by atoms with E-state index in [1.165, 1.54) is 25.7 Å². The molecule has 13 heavy (non-hydrogen) atoms. The van der Waals surface area contributed by atoms with E-state index in [1.807, 2.05) is 10.9 Å². The lowest BCUT2D eigenvalue weighted by Gasteiger charge is -2.10. The van der Waals surface area contributed by atoms with Gasteiger partial charge in [0.05, 0.1) is 16.8 Å². The summed E-state index contributed by atoms with van der Waals surface area (Å²) in [6, 6.07) is 0. The van der Waals surface area contributed by atoms with Crippen LogP contribution in [-0.2, 0) is 11.5 Å². The Hall–Kier alpha value is -0.350. The molecule has 1 aliphatic carbocycles. The van der Waals surface area contributed by atoms with Crippen LogP contribution in [0.4, 0.5) is 0 Å². The molecule has 0 N–H and O–H groups in total. The topological polar surface area (TPSA) is 27.1 Å². The molecule has 1 aliphatic rings. The van der Waals surface area contributed by atoms with E-state index in [2.05, 4.69) is 21.0 Å². The van der Waals surface area contributed by atoms with Crippen LogP contribution in [0, 0.1) is 0 Å². The Labute approximate surface area is 86.2 Å². The molecule has 0 atom stereocenters. The van der Waals surface area contributed by atoms with Crippen molar-refractivity contribution in [3.05, 3.63) is 16.9 Å². The van der Waals surface area contributed by atoms with Gasteiger partial charge in [-0.25, -0.2) is 4.68 Å². The van der Waals surface area contributed by atoms with Crippen LogP contribution < -0.4 is 0 Å². The predicted octanol–water partition coefficient (Wildman–Crippen LogP) is 2.56. The average Bonchev–Trinajstić information content (AvgIpc) is 2.71. The van der Waals surface area contributed by atoms with E-state index in [9.17, 15) is 0 Å². The van der Waals surface area contributed by atoms with Gasteiger partial charge < -0.3 is 4.74 Å². The van der Waals surface area contributed by atoms with Crippen molar-refractivity contribution in [2.75, 3.05) is 0 Å². The molecule has 1 aromatic heterocycles. The molecular weight excluding hydrogens is 232 g/mol. The van der Waals surface area contributed by atoms with Crippen LogP contribution in [0.3, 0.4) is 0 Å². The fraction of sp³-hybridized carbons (Fsp3) is 0.667. The van der Waals surface area contributed by atoms with Crippen molar-refractivity contribution in [3.63, 3.8) is 0 Å². The summed E-state index contributed by atoms with van der Waals surface area (Å²) in [4.78, 5) is 0. The minimum absolute atomic E-state index is 0.461. The molecule has 0 saturated heterocycles. The van der Waals surface area contributed by atoms with Gasteiger partial charge >= 0.3 is 0 Å². The second-order valence-electron chi connectivity index (χ2n) is 3.40. The molecule has 1 aromatic rings. The lowest BCUT2D eigenvalue weighted by Crippen LogP contribution is -2.11. The zero-order valence-corrected chi connectivity index (χ0v) is 9.03. The Morgan fingerprint density at radius 1 is 1.54 bits per heavy atom. The minimum Gasteiger partial charge on any atom is -0.356 e. The van der Waals surface area contributed by atoms with E-state index in [4.69, 9.17) is 4.74 Å². The summed E-state index contributed by atoms with van der Waals surface area (Å²) >= 11 is 3.35. The van der Waals surface area contributed by atoms with Gasteiger partial charge in [-0.05, 0) is 28.8 Å². The first-order valence-electron chi connectivity index (χ1n) is 4.64. The van der Waals surface area contributed by atoms with Gasteiger partial charge in [0.1, 0.15) is 6.73 Å². The maximum Gasteiger partial charge on any atom is 0.139 e. The summed E-state index contributed by atoms with van der Waals surface area (Å²) in [5.74, 6) is 0. The Bertz CT molecular complexity index is 268. The predicted molar refractivity (Wildman–Crippen MR) is 53.3 cm³/mol. The molecule has 0 radical (unpaired) electrons.